The molecule has 0 bridgehead atoms. The Kier molecular flexibility index (Phi) is 6.08. The van der Waals surface area contributed by atoms with Crippen LogP contribution in [0.3, 0.4) is 0 Å². The van der Waals surface area contributed by atoms with E-state index in [1.54, 1.807) is 19.2 Å². The number of hydrogen-bond acceptors (Lipinski definition) is 3. The van der Waals surface area contributed by atoms with E-state index in [9.17, 15) is 8.42 Å². The summed E-state index contributed by atoms with van der Waals surface area (Å²) in [4.78, 5) is 2.02. The Labute approximate surface area is 125 Å². The van der Waals surface area contributed by atoms with Crippen molar-refractivity contribution in [1.29, 1.82) is 0 Å². The fourth-order valence-corrected chi connectivity index (χ4v) is 3.31. The normalized spacial score (nSPS) is 12.4. The summed E-state index contributed by atoms with van der Waals surface area (Å²) in [5.74, 6) is 0.251. The highest BCUT2D eigenvalue weighted by molar-refractivity contribution is 7.89. The number of alkyl halides is 1. The van der Waals surface area contributed by atoms with Gasteiger partial charge in [0.1, 0.15) is 4.90 Å². The van der Waals surface area contributed by atoms with E-state index in [0.717, 1.165) is 5.56 Å². The molecule has 0 radical (unpaired) electrons. The minimum Gasteiger partial charge on any atom is -0.308 e. The average Bonchev–Trinajstić information content (AvgIpc) is 2.36. The summed E-state index contributed by atoms with van der Waals surface area (Å²) in [6, 6.07) is 4.80. The van der Waals surface area contributed by atoms with E-state index < -0.39 is 10.0 Å². The first-order valence-corrected chi connectivity index (χ1v) is 8.09. The maximum absolute atomic E-state index is 12.4. The molecule has 0 saturated carbocycles. The number of benzene rings is 1. The SMILES string of the molecule is CN(C)CCN(C)S(=O)(=O)c1cc(CCl)ccc1Cl. The number of nitrogens with zero attached hydrogens (tertiary/aromatic N) is 2. The van der Waals surface area contributed by atoms with Crippen LogP contribution in [-0.2, 0) is 15.9 Å². The second-order valence-corrected chi connectivity index (χ2v) is 7.22. The van der Waals surface area contributed by atoms with Crippen LogP contribution in [0.15, 0.2) is 23.1 Å². The molecule has 1 aromatic rings. The maximum Gasteiger partial charge on any atom is 0.244 e. The van der Waals surface area contributed by atoms with Crippen molar-refractivity contribution in [1.82, 2.24) is 9.21 Å². The van der Waals surface area contributed by atoms with Gasteiger partial charge in [0.15, 0.2) is 0 Å². The molecule has 19 heavy (non-hydrogen) atoms. The second kappa shape index (κ2) is 6.90. The van der Waals surface area contributed by atoms with E-state index in [-0.39, 0.29) is 15.8 Å². The monoisotopic (exact) mass is 324 g/mol. The highest BCUT2D eigenvalue weighted by Gasteiger charge is 2.23. The average molecular weight is 325 g/mol. The lowest BCUT2D eigenvalue weighted by molar-refractivity contribution is 0.358. The third-order valence-corrected chi connectivity index (χ3v) is 5.35. The van der Waals surface area contributed by atoms with Crippen molar-refractivity contribution in [3.8, 4) is 0 Å². The molecule has 0 fully saturated rings. The number of sulfonamides is 1. The molecule has 0 amide bonds. The van der Waals surface area contributed by atoms with Gasteiger partial charge in [-0.1, -0.05) is 17.7 Å². The molecule has 0 aromatic heterocycles. The van der Waals surface area contributed by atoms with Crippen molar-refractivity contribution >= 4 is 33.2 Å². The third kappa shape index (κ3) is 4.33. The van der Waals surface area contributed by atoms with Crippen molar-refractivity contribution in [2.45, 2.75) is 10.8 Å². The molecule has 0 spiro atoms. The van der Waals surface area contributed by atoms with Gasteiger partial charge < -0.3 is 4.90 Å². The molecular formula is C12H18Cl2N2O2S. The molecule has 0 aliphatic rings. The Balaban J connectivity index is 3.05. The first kappa shape index (κ1) is 16.7. The Hall–Kier alpha value is -0.330. The molecule has 4 nitrogen and oxygen atoms in total. The highest BCUT2D eigenvalue weighted by atomic mass is 35.5. The summed E-state index contributed by atoms with van der Waals surface area (Å²) < 4.78 is 26.1. The third-order valence-electron chi connectivity index (χ3n) is 2.70. The minimum atomic E-state index is -3.58. The second-order valence-electron chi connectivity index (χ2n) is 4.53. The largest absolute Gasteiger partial charge is 0.308 e. The van der Waals surface area contributed by atoms with Crippen molar-refractivity contribution in [2.24, 2.45) is 0 Å². The van der Waals surface area contributed by atoms with E-state index in [0.29, 0.717) is 13.1 Å². The molecule has 0 unspecified atom stereocenters. The van der Waals surface area contributed by atoms with Crippen LogP contribution in [-0.4, -0.2) is 51.9 Å². The number of hydrogen-bond donors (Lipinski definition) is 0. The van der Waals surface area contributed by atoms with Crippen molar-refractivity contribution in [3.63, 3.8) is 0 Å². The lowest BCUT2D eigenvalue weighted by Crippen LogP contribution is -2.33. The van der Waals surface area contributed by atoms with Crippen LogP contribution in [0.2, 0.25) is 5.02 Å². The summed E-state index contributed by atoms with van der Waals surface area (Å²) >= 11 is 11.7. The van der Waals surface area contributed by atoms with Gasteiger partial charge in [-0.15, -0.1) is 11.6 Å². The summed E-state index contributed by atoms with van der Waals surface area (Å²) in [7, 11) is 1.74. The molecule has 0 heterocycles. The molecule has 0 N–H and O–H groups in total. The molecule has 0 aliphatic carbocycles. The lowest BCUT2D eigenvalue weighted by atomic mass is 10.2. The van der Waals surface area contributed by atoms with E-state index in [1.165, 1.54) is 10.4 Å². The van der Waals surface area contributed by atoms with Gasteiger partial charge in [0, 0.05) is 26.0 Å². The number of rotatable bonds is 6. The van der Waals surface area contributed by atoms with E-state index in [2.05, 4.69) is 0 Å². The summed E-state index contributed by atoms with van der Waals surface area (Å²) in [6.45, 7) is 1.04. The predicted molar refractivity (Wildman–Crippen MR) is 79.4 cm³/mol. The Morgan fingerprint density at radius 3 is 2.32 bits per heavy atom. The smallest absolute Gasteiger partial charge is 0.244 e. The van der Waals surface area contributed by atoms with Gasteiger partial charge in [-0.25, -0.2) is 8.42 Å². The Morgan fingerprint density at radius 1 is 1.16 bits per heavy atom. The lowest BCUT2D eigenvalue weighted by Gasteiger charge is -2.20. The van der Waals surface area contributed by atoms with Crippen LogP contribution >= 0.6 is 23.2 Å². The van der Waals surface area contributed by atoms with Crippen LogP contribution in [0.5, 0.6) is 0 Å². The Morgan fingerprint density at radius 2 is 1.79 bits per heavy atom. The van der Waals surface area contributed by atoms with Crippen molar-refractivity contribution in [3.05, 3.63) is 28.8 Å². The van der Waals surface area contributed by atoms with Gasteiger partial charge >= 0.3 is 0 Å². The van der Waals surface area contributed by atoms with E-state index in [4.69, 9.17) is 23.2 Å². The van der Waals surface area contributed by atoms with Gasteiger partial charge in [0.25, 0.3) is 0 Å². The van der Waals surface area contributed by atoms with E-state index >= 15 is 0 Å². The van der Waals surface area contributed by atoms with Crippen molar-refractivity contribution in [2.75, 3.05) is 34.2 Å². The van der Waals surface area contributed by atoms with Crippen LogP contribution in [0, 0.1) is 0 Å². The van der Waals surface area contributed by atoms with Crippen molar-refractivity contribution < 1.29 is 8.42 Å². The zero-order chi connectivity index (χ0) is 14.6. The molecule has 1 aromatic carbocycles. The standard InChI is InChI=1S/C12H18Cl2N2O2S/c1-15(2)6-7-16(3)19(17,18)12-8-10(9-13)4-5-11(12)14/h4-5,8H,6-7,9H2,1-3H3. The first-order valence-electron chi connectivity index (χ1n) is 5.74. The summed E-state index contributed by atoms with van der Waals surface area (Å²) in [6.07, 6.45) is 0. The van der Waals surface area contributed by atoms with Crippen LogP contribution in [0.4, 0.5) is 0 Å². The first-order chi connectivity index (χ1) is 8.78. The Bertz CT molecular complexity index is 533. The minimum absolute atomic E-state index is 0.105. The van der Waals surface area contributed by atoms with Crippen LogP contribution < -0.4 is 0 Å². The van der Waals surface area contributed by atoms with Gasteiger partial charge in [-0.3, -0.25) is 0 Å². The molecule has 0 atom stereocenters. The molecule has 0 aliphatic heterocycles. The highest BCUT2D eigenvalue weighted by Crippen LogP contribution is 2.25. The fourth-order valence-electron chi connectivity index (χ4n) is 1.46. The zero-order valence-corrected chi connectivity index (χ0v) is 13.6. The van der Waals surface area contributed by atoms with Crippen LogP contribution in [0.25, 0.3) is 0 Å². The number of likely N-dealkylation sites (N-methyl/N-ethyl adjacent to an activating group) is 2. The molecule has 0 saturated heterocycles. The zero-order valence-electron chi connectivity index (χ0n) is 11.2. The van der Waals surface area contributed by atoms with Gasteiger partial charge in [-0.2, -0.15) is 4.31 Å². The van der Waals surface area contributed by atoms with E-state index in [1.807, 2.05) is 19.0 Å². The maximum atomic E-state index is 12.4. The van der Waals surface area contributed by atoms with Gasteiger partial charge in [-0.05, 0) is 31.8 Å². The summed E-state index contributed by atoms with van der Waals surface area (Å²) in [5.41, 5.74) is 0.727. The molecular weight excluding hydrogens is 307 g/mol. The molecule has 108 valence electrons. The predicted octanol–water partition coefficient (Wildman–Crippen LogP) is 2.26. The molecule has 1 rings (SSSR count). The fraction of sp³-hybridized carbons (Fsp3) is 0.500. The van der Waals surface area contributed by atoms with Gasteiger partial charge in [0.05, 0.1) is 5.02 Å². The topological polar surface area (TPSA) is 40.6 Å². The summed E-state index contributed by atoms with van der Waals surface area (Å²) in [5, 5.41) is 0.213. The quantitative estimate of drug-likeness (QED) is 0.754. The molecule has 7 heteroatoms. The van der Waals surface area contributed by atoms with Gasteiger partial charge in [0.2, 0.25) is 10.0 Å². The number of halogens is 2. The van der Waals surface area contributed by atoms with Crippen LogP contribution in [0.1, 0.15) is 5.56 Å².